The van der Waals surface area contributed by atoms with Crippen molar-refractivity contribution in [3.8, 4) is 11.5 Å². The number of aryl methyl sites for hydroxylation is 3. The summed E-state index contributed by atoms with van der Waals surface area (Å²) in [6, 6.07) is 11.4. The Morgan fingerprint density at radius 1 is 1.15 bits per heavy atom. The zero-order valence-electron chi connectivity index (χ0n) is 18.9. The van der Waals surface area contributed by atoms with E-state index >= 15 is 0 Å². The van der Waals surface area contributed by atoms with Crippen LogP contribution in [0.5, 0.6) is 11.5 Å². The van der Waals surface area contributed by atoms with E-state index in [1.807, 2.05) is 10.8 Å². The van der Waals surface area contributed by atoms with Gasteiger partial charge in [-0.05, 0) is 61.7 Å². The summed E-state index contributed by atoms with van der Waals surface area (Å²) in [5.74, 6) is 1.23. The summed E-state index contributed by atoms with van der Waals surface area (Å²) in [4.78, 5) is 23.8. The third-order valence-corrected chi connectivity index (χ3v) is 6.35. The largest absolute Gasteiger partial charge is 0.497 e. The van der Waals surface area contributed by atoms with Gasteiger partial charge in [0.1, 0.15) is 11.5 Å². The van der Waals surface area contributed by atoms with Crippen molar-refractivity contribution in [1.29, 1.82) is 0 Å². The van der Waals surface area contributed by atoms with Crippen molar-refractivity contribution in [2.45, 2.75) is 26.8 Å². The molecule has 0 bridgehead atoms. The van der Waals surface area contributed by atoms with Crippen LogP contribution in [0.3, 0.4) is 0 Å². The highest BCUT2D eigenvalue weighted by Crippen LogP contribution is 2.32. The van der Waals surface area contributed by atoms with Crippen molar-refractivity contribution < 1.29 is 14.3 Å². The Balaban J connectivity index is 0.00000306. The average molecular weight is 487 g/mol. The molecule has 0 unspecified atom stereocenters. The fourth-order valence-electron chi connectivity index (χ4n) is 3.53. The molecule has 0 aliphatic rings. The number of ether oxygens (including phenoxy) is 2. The van der Waals surface area contributed by atoms with E-state index in [9.17, 15) is 4.79 Å². The van der Waals surface area contributed by atoms with E-state index < -0.39 is 0 Å². The van der Waals surface area contributed by atoms with Crippen LogP contribution in [-0.2, 0) is 11.3 Å². The number of imidazole rings is 1. The number of rotatable bonds is 9. The Morgan fingerprint density at radius 2 is 1.91 bits per heavy atom. The fourth-order valence-corrected chi connectivity index (χ4v) is 4.59. The van der Waals surface area contributed by atoms with Gasteiger partial charge in [-0.15, -0.1) is 12.4 Å². The van der Waals surface area contributed by atoms with E-state index in [0.717, 1.165) is 34.5 Å². The van der Waals surface area contributed by atoms with E-state index in [1.54, 1.807) is 60.1 Å². The predicted molar refractivity (Wildman–Crippen MR) is 134 cm³/mol. The number of aromatic nitrogens is 3. The van der Waals surface area contributed by atoms with E-state index in [1.165, 1.54) is 5.56 Å². The van der Waals surface area contributed by atoms with Crippen LogP contribution in [0.15, 0.2) is 55.1 Å². The van der Waals surface area contributed by atoms with Crippen LogP contribution in [0.1, 0.15) is 17.5 Å². The van der Waals surface area contributed by atoms with Crippen LogP contribution in [0.2, 0.25) is 0 Å². The Morgan fingerprint density at radius 3 is 2.61 bits per heavy atom. The molecule has 4 rings (SSSR count). The average Bonchev–Trinajstić information content (AvgIpc) is 3.45. The molecule has 0 atom stereocenters. The SMILES string of the molecule is COc1ccc(OCC(=O)N(CCCn2ccnc2)c2nc3cc(C)cc(C)c3s2)cc1.Cl. The van der Waals surface area contributed by atoms with E-state index in [0.29, 0.717) is 17.4 Å². The molecular weight excluding hydrogens is 460 g/mol. The Labute approximate surface area is 203 Å². The smallest absolute Gasteiger partial charge is 0.266 e. The van der Waals surface area contributed by atoms with Crippen LogP contribution in [0.25, 0.3) is 10.2 Å². The minimum Gasteiger partial charge on any atom is -0.497 e. The first kappa shape index (κ1) is 24.5. The quantitative estimate of drug-likeness (QED) is 0.331. The Hall–Kier alpha value is -3.10. The number of hydrogen-bond acceptors (Lipinski definition) is 6. The second-order valence-corrected chi connectivity index (χ2v) is 8.57. The summed E-state index contributed by atoms with van der Waals surface area (Å²) in [6.45, 7) is 5.38. The van der Waals surface area contributed by atoms with Gasteiger partial charge in [0.05, 0.1) is 23.7 Å². The Bertz CT molecular complexity index is 1190. The van der Waals surface area contributed by atoms with Gasteiger partial charge in [0.25, 0.3) is 5.91 Å². The molecule has 2 aromatic carbocycles. The van der Waals surface area contributed by atoms with Gasteiger partial charge in [0.2, 0.25) is 0 Å². The molecule has 0 radical (unpaired) electrons. The lowest BCUT2D eigenvalue weighted by atomic mass is 10.1. The molecule has 2 aromatic heterocycles. The molecule has 4 aromatic rings. The third kappa shape index (κ3) is 6.03. The van der Waals surface area contributed by atoms with Crippen LogP contribution < -0.4 is 14.4 Å². The van der Waals surface area contributed by atoms with Gasteiger partial charge in [-0.2, -0.15) is 0 Å². The monoisotopic (exact) mass is 486 g/mol. The highest BCUT2D eigenvalue weighted by Gasteiger charge is 2.21. The molecule has 0 aliphatic carbocycles. The molecule has 0 spiro atoms. The Kier molecular flexibility index (Phi) is 8.30. The zero-order valence-corrected chi connectivity index (χ0v) is 20.5. The number of carbonyl (C=O) groups excluding carboxylic acids is 1. The van der Waals surface area contributed by atoms with Gasteiger partial charge in [0, 0.05) is 25.5 Å². The van der Waals surface area contributed by atoms with Crippen LogP contribution in [0, 0.1) is 13.8 Å². The molecule has 0 saturated carbocycles. The van der Waals surface area contributed by atoms with Crippen molar-refractivity contribution in [3.05, 3.63) is 66.2 Å². The number of carbonyl (C=O) groups is 1. The number of methoxy groups -OCH3 is 1. The predicted octanol–water partition coefficient (Wildman–Crippen LogP) is 5.04. The molecule has 1 amide bonds. The number of nitrogens with zero attached hydrogens (tertiary/aromatic N) is 4. The normalized spacial score (nSPS) is 10.6. The molecule has 0 saturated heterocycles. The first-order chi connectivity index (χ1) is 15.5. The van der Waals surface area contributed by atoms with E-state index in [4.69, 9.17) is 14.5 Å². The second-order valence-electron chi connectivity index (χ2n) is 7.59. The van der Waals surface area contributed by atoms with Crippen LogP contribution in [-0.4, -0.2) is 40.7 Å². The maximum atomic E-state index is 13.2. The van der Waals surface area contributed by atoms with Gasteiger partial charge in [0.15, 0.2) is 11.7 Å². The van der Waals surface area contributed by atoms with Crippen LogP contribution >= 0.6 is 23.7 Å². The van der Waals surface area contributed by atoms with Crippen molar-refractivity contribution in [1.82, 2.24) is 14.5 Å². The topological polar surface area (TPSA) is 69.5 Å². The summed E-state index contributed by atoms with van der Waals surface area (Å²) in [6.07, 6.45) is 6.23. The van der Waals surface area contributed by atoms with E-state index in [2.05, 4.69) is 31.0 Å². The number of hydrogen-bond donors (Lipinski definition) is 0. The lowest BCUT2D eigenvalue weighted by Gasteiger charge is -2.20. The maximum Gasteiger partial charge on any atom is 0.266 e. The summed E-state index contributed by atoms with van der Waals surface area (Å²) in [7, 11) is 1.61. The van der Waals surface area contributed by atoms with E-state index in [-0.39, 0.29) is 24.9 Å². The van der Waals surface area contributed by atoms with Gasteiger partial charge < -0.3 is 14.0 Å². The van der Waals surface area contributed by atoms with Gasteiger partial charge >= 0.3 is 0 Å². The standard InChI is InChI=1S/C24H26N4O3S.ClH/c1-17-13-18(2)23-21(14-17)26-24(32-23)28(11-4-10-27-12-9-25-16-27)22(29)15-31-20-7-5-19(30-3)6-8-20;/h5-9,12-14,16H,4,10-11,15H2,1-3H3;1H. The third-order valence-electron chi connectivity index (χ3n) is 5.12. The first-order valence-electron chi connectivity index (χ1n) is 10.4. The minimum absolute atomic E-state index is 0. The zero-order chi connectivity index (χ0) is 22.5. The van der Waals surface area contributed by atoms with Crippen molar-refractivity contribution in [3.63, 3.8) is 0 Å². The molecule has 2 heterocycles. The summed E-state index contributed by atoms with van der Waals surface area (Å²) >= 11 is 1.55. The maximum absolute atomic E-state index is 13.2. The first-order valence-corrected chi connectivity index (χ1v) is 11.3. The van der Waals surface area contributed by atoms with Gasteiger partial charge in [-0.1, -0.05) is 17.4 Å². The molecular formula is C24H27ClN4O3S. The van der Waals surface area contributed by atoms with Crippen LogP contribution in [0.4, 0.5) is 5.13 Å². The molecule has 9 heteroatoms. The van der Waals surface area contributed by atoms with Crippen molar-refractivity contribution >= 4 is 45.0 Å². The number of thiazole rings is 1. The molecule has 0 aliphatic heterocycles. The second kappa shape index (κ2) is 11.2. The summed E-state index contributed by atoms with van der Waals surface area (Å²) < 4.78 is 14.0. The fraction of sp³-hybridized carbons (Fsp3) is 0.292. The molecule has 0 N–H and O–H groups in total. The number of anilines is 1. The highest BCUT2D eigenvalue weighted by molar-refractivity contribution is 7.22. The lowest BCUT2D eigenvalue weighted by Crippen LogP contribution is -2.36. The van der Waals surface area contributed by atoms with Crippen molar-refractivity contribution in [2.24, 2.45) is 0 Å². The molecule has 174 valence electrons. The number of benzene rings is 2. The number of halogens is 1. The minimum atomic E-state index is -0.125. The van der Waals surface area contributed by atoms with Gasteiger partial charge in [-0.3, -0.25) is 9.69 Å². The molecule has 33 heavy (non-hydrogen) atoms. The summed E-state index contributed by atoms with van der Waals surface area (Å²) in [5, 5.41) is 0.697. The molecule has 7 nitrogen and oxygen atoms in total. The summed E-state index contributed by atoms with van der Waals surface area (Å²) in [5.41, 5.74) is 3.25. The lowest BCUT2D eigenvalue weighted by molar-refractivity contribution is -0.120. The molecule has 0 fully saturated rings. The van der Waals surface area contributed by atoms with Gasteiger partial charge in [-0.25, -0.2) is 9.97 Å². The number of amides is 1. The van der Waals surface area contributed by atoms with Crippen molar-refractivity contribution in [2.75, 3.05) is 25.2 Å². The number of fused-ring (bicyclic) bond motifs is 1. The highest BCUT2D eigenvalue weighted by atomic mass is 35.5.